The minimum Gasteiger partial charge on any atom is -0.857 e. The molecule has 0 aromatic carbocycles. The fourth-order valence-corrected chi connectivity index (χ4v) is 0. The minimum atomic E-state index is 0.375. The van der Waals surface area contributed by atoms with E-state index in [1.54, 1.807) is 0 Å². The highest BCUT2D eigenvalue weighted by molar-refractivity contribution is 4.57. The third kappa shape index (κ3) is 4.77. The Bertz CT molecular complexity index is 64.2. The molecule has 0 fully saturated rings. The van der Waals surface area contributed by atoms with Crippen molar-refractivity contribution in [3.05, 3.63) is 0 Å². The molecule has 0 rings (SSSR count). The lowest BCUT2D eigenvalue weighted by Crippen LogP contribution is -2.50. The van der Waals surface area contributed by atoms with Gasteiger partial charge in [-0.25, -0.2) is 0 Å². The molecule has 2 nitrogen and oxygen atoms in total. The fraction of sp³-hybridized carbons (Fsp3) is 1.00. The Morgan fingerprint density at radius 3 is 1.00 bits per heavy atom. The highest BCUT2D eigenvalue weighted by Gasteiger charge is 2.25. The first kappa shape index (κ1) is 12.6. The number of rotatable bonds is 0. The molecule has 64 valence electrons. The van der Waals surface area contributed by atoms with Crippen molar-refractivity contribution in [2.24, 2.45) is 0 Å². The van der Waals surface area contributed by atoms with Crippen LogP contribution in [0.15, 0.2) is 0 Å². The predicted molar refractivity (Wildman–Crippen MR) is 43.7 cm³/mol. The Kier molecular flexibility index (Phi) is 4.96. The van der Waals surface area contributed by atoms with Gasteiger partial charge in [-0.2, -0.15) is 7.11 Å². The largest absolute Gasteiger partial charge is 0.857 e. The van der Waals surface area contributed by atoms with Crippen LogP contribution in [0.5, 0.6) is 0 Å². The molecule has 0 unspecified atom stereocenters. The molecule has 0 radical (unpaired) electrons. The Labute approximate surface area is 65.1 Å². The van der Waals surface area contributed by atoms with E-state index in [2.05, 4.69) is 41.9 Å². The quantitative estimate of drug-likeness (QED) is 0.457. The van der Waals surface area contributed by atoms with Crippen molar-refractivity contribution in [1.82, 2.24) is 0 Å². The van der Waals surface area contributed by atoms with Crippen LogP contribution >= 0.6 is 0 Å². The van der Waals surface area contributed by atoms with Gasteiger partial charge in [0.15, 0.2) is 0 Å². The summed E-state index contributed by atoms with van der Waals surface area (Å²) in [5.41, 5.74) is 0.375. The maximum absolute atomic E-state index is 8.25. The average molecular weight is 147 g/mol. The van der Waals surface area contributed by atoms with E-state index in [9.17, 15) is 0 Å². The Morgan fingerprint density at radius 2 is 1.00 bits per heavy atom. The summed E-state index contributed by atoms with van der Waals surface area (Å²) in [4.78, 5) is 0. The Hall–Kier alpha value is -0.0800. The molecule has 0 aromatic heterocycles. The van der Waals surface area contributed by atoms with Gasteiger partial charge in [-0.15, -0.1) is 0 Å². The highest BCUT2D eigenvalue weighted by atomic mass is 16.2. The topological polar surface area (TPSA) is 23.1 Å². The summed E-state index contributed by atoms with van der Waals surface area (Å²) in [6.45, 7) is 6.73. The zero-order valence-corrected chi connectivity index (χ0v) is 8.36. The molecule has 2 heteroatoms. The van der Waals surface area contributed by atoms with Gasteiger partial charge in [0.25, 0.3) is 0 Å². The van der Waals surface area contributed by atoms with E-state index in [1.165, 1.54) is 0 Å². The maximum Gasteiger partial charge on any atom is 0.0901 e. The van der Waals surface area contributed by atoms with E-state index >= 15 is 0 Å². The highest BCUT2D eigenvalue weighted by Crippen LogP contribution is 2.14. The van der Waals surface area contributed by atoms with Crippen LogP contribution in [0.1, 0.15) is 20.8 Å². The number of hydrogen-bond acceptors (Lipinski definition) is 1. The summed E-state index contributed by atoms with van der Waals surface area (Å²) in [6.07, 6.45) is 0. The zero-order valence-electron chi connectivity index (χ0n) is 8.36. The summed E-state index contributed by atoms with van der Waals surface area (Å²) in [6, 6.07) is 0. The van der Waals surface area contributed by atoms with E-state index in [4.69, 9.17) is 5.11 Å². The summed E-state index contributed by atoms with van der Waals surface area (Å²) in [5.74, 6) is 0. The average Bonchev–Trinajstić information content (AvgIpc) is 1.66. The van der Waals surface area contributed by atoms with Crippen molar-refractivity contribution in [2.45, 2.75) is 26.3 Å². The number of nitrogens with zero attached hydrogens (tertiary/aromatic N) is 1. The van der Waals surface area contributed by atoms with Crippen LogP contribution in [-0.2, 0) is 0 Å². The lowest BCUT2D eigenvalue weighted by atomic mass is 10.1. The van der Waals surface area contributed by atoms with Crippen LogP contribution in [-0.4, -0.2) is 38.3 Å². The first-order valence-corrected chi connectivity index (χ1v) is 3.47. The lowest BCUT2D eigenvalue weighted by Gasteiger charge is -2.38. The van der Waals surface area contributed by atoms with Crippen molar-refractivity contribution in [2.75, 3.05) is 28.3 Å². The first-order valence-electron chi connectivity index (χ1n) is 3.47. The standard InChI is InChI=1S/C7H18N.CH3O/c1-7(2,3)8(4,5)6;1-2/h1-6H3;1H3/q+1;-1. The Balaban J connectivity index is 0. The van der Waals surface area contributed by atoms with E-state index in [-0.39, 0.29) is 0 Å². The van der Waals surface area contributed by atoms with Crippen molar-refractivity contribution >= 4 is 0 Å². The molecule has 0 aliphatic carbocycles. The van der Waals surface area contributed by atoms with Gasteiger partial charge in [0.2, 0.25) is 0 Å². The van der Waals surface area contributed by atoms with Gasteiger partial charge in [-0.1, -0.05) is 0 Å². The van der Waals surface area contributed by atoms with Crippen LogP contribution in [0.25, 0.3) is 0 Å². The van der Waals surface area contributed by atoms with Gasteiger partial charge in [-0.05, 0) is 20.8 Å². The van der Waals surface area contributed by atoms with Crippen LogP contribution in [0.4, 0.5) is 0 Å². The van der Waals surface area contributed by atoms with Crippen LogP contribution < -0.4 is 5.11 Å². The van der Waals surface area contributed by atoms with Gasteiger partial charge >= 0.3 is 0 Å². The third-order valence-corrected chi connectivity index (χ3v) is 2.01. The lowest BCUT2D eigenvalue weighted by molar-refractivity contribution is -0.917. The molecule has 0 saturated carbocycles. The van der Waals surface area contributed by atoms with Gasteiger partial charge in [-0.3, -0.25) is 0 Å². The van der Waals surface area contributed by atoms with Crippen molar-refractivity contribution in [1.29, 1.82) is 0 Å². The molecule has 0 atom stereocenters. The van der Waals surface area contributed by atoms with Crippen molar-refractivity contribution in [3.8, 4) is 0 Å². The molecule has 0 aromatic rings. The van der Waals surface area contributed by atoms with E-state index in [0.29, 0.717) is 5.54 Å². The maximum atomic E-state index is 8.25. The molecule has 0 aliphatic heterocycles. The SMILES string of the molecule is CC(C)(C)[N+](C)(C)C.C[O-]. The van der Waals surface area contributed by atoms with Gasteiger partial charge in [0, 0.05) is 0 Å². The molecule has 0 spiro atoms. The summed E-state index contributed by atoms with van der Waals surface area (Å²) in [5, 5.41) is 8.25. The monoisotopic (exact) mass is 147 g/mol. The van der Waals surface area contributed by atoms with Gasteiger partial charge in [0.1, 0.15) is 0 Å². The molecule has 0 bridgehead atoms. The number of hydrogen-bond donors (Lipinski definition) is 0. The molecule has 0 amide bonds. The normalized spacial score (nSPS) is 12.0. The summed E-state index contributed by atoms with van der Waals surface area (Å²) < 4.78 is 1.02. The van der Waals surface area contributed by atoms with Gasteiger partial charge in [0.05, 0.1) is 26.7 Å². The van der Waals surface area contributed by atoms with Crippen LogP contribution in [0, 0.1) is 0 Å². The van der Waals surface area contributed by atoms with E-state index in [0.717, 1.165) is 11.6 Å². The summed E-state index contributed by atoms with van der Waals surface area (Å²) >= 11 is 0. The number of quaternary nitrogens is 1. The molecular formula is C8H21NO. The molecule has 0 aliphatic rings. The van der Waals surface area contributed by atoms with Crippen LogP contribution in [0.2, 0.25) is 0 Å². The zero-order chi connectivity index (χ0) is 9.00. The molecule has 0 saturated heterocycles. The minimum absolute atomic E-state index is 0.375. The summed E-state index contributed by atoms with van der Waals surface area (Å²) in [7, 11) is 7.38. The van der Waals surface area contributed by atoms with Crippen molar-refractivity contribution in [3.63, 3.8) is 0 Å². The van der Waals surface area contributed by atoms with E-state index < -0.39 is 0 Å². The molecule has 0 heterocycles. The Morgan fingerprint density at radius 1 is 0.900 bits per heavy atom. The smallest absolute Gasteiger partial charge is 0.0901 e. The third-order valence-electron chi connectivity index (χ3n) is 2.01. The molecule has 0 N–H and O–H groups in total. The van der Waals surface area contributed by atoms with E-state index in [1.807, 2.05) is 0 Å². The predicted octanol–water partition coefficient (Wildman–Crippen LogP) is 0.468. The second kappa shape index (κ2) is 3.94. The molecular weight excluding hydrogens is 126 g/mol. The second-order valence-corrected chi connectivity index (χ2v) is 4.18. The van der Waals surface area contributed by atoms with Crippen LogP contribution in [0.3, 0.4) is 0 Å². The van der Waals surface area contributed by atoms with Crippen molar-refractivity contribution < 1.29 is 9.59 Å². The fourth-order valence-electron chi connectivity index (χ4n) is 0. The van der Waals surface area contributed by atoms with Gasteiger partial charge < -0.3 is 9.59 Å². The molecule has 10 heavy (non-hydrogen) atoms. The second-order valence-electron chi connectivity index (χ2n) is 4.18. The first-order chi connectivity index (χ1) is 4.25.